The second-order valence-corrected chi connectivity index (χ2v) is 6.75. The topological polar surface area (TPSA) is 94.3 Å². The number of benzene rings is 1. The summed E-state index contributed by atoms with van der Waals surface area (Å²) in [5.41, 5.74) is 7.24. The highest BCUT2D eigenvalue weighted by molar-refractivity contribution is 9.10. The molecule has 0 aliphatic heterocycles. The number of methoxy groups -OCH3 is 1. The molecule has 112 valence electrons. The zero-order chi connectivity index (χ0) is 15.6. The summed E-state index contributed by atoms with van der Waals surface area (Å²) in [7, 11) is -2.40. The van der Waals surface area contributed by atoms with E-state index in [4.69, 9.17) is 10.5 Å². The van der Waals surface area contributed by atoms with Crippen molar-refractivity contribution in [2.24, 2.45) is 0 Å². The molecule has 8 heteroatoms. The molecule has 1 aromatic carbocycles. The van der Waals surface area contributed by atoms with Gasteiger partial charge in [-0.1, -0.05) is 0 Å². The van der Waals surface area contributed by atoms with Gasteiger partial charge >= 0.3 is 0 Å². The molecule has 0 fully saturated rings. The average Bonchev–Trinajstić information content (AvgIpc) is 2.42. The highest BCUT2D eigenvalue weighted by Crippen LogP contribution is 2.28. The number of nitrogens with zero attached hydrogens (tertiary/aromatic N) is 1. The van der Waals surface area contributed by atoms with Gasteiger partial charge in [-0.15, -0.1) is 0 Å². The summed E-state index contributed by atoms with van der Waals surface area (Å²) in [6.07, 6.45) is 1.43. The SMILES string of the molecule is COc1cc(N)ccc1S(=O)(=O)Nc1cnc(Br)c(C)c1. The predicted octanol–water partition coefficient (Wildman–Crippen LogP) is 2.54. The number of ether oxygens (including phenoxy) is 1. The number of sulfonamides is 1. The third kappa shape index (κ3) is 3.45. The number of nitrogens with one attached hydrogen (secondary N) is 1. The van der Waals surface area contributed by atoms with E-state index in [-0.39, 0.29) is 10.6 Å². The number of hydrogen-bond donors (Lipinski definition) is 2. The van der Waals surface area contributed by atoms with E-state index < -0.39 is 10.0 Å². The van der Waals surface area contributed by atoms with Crippen molar-refractivity contribution in [2.75, 3.05) is 17.6 Å². The molecule has 0 saturated carbocycles. The van der Waals surface area contributed by atoms with Gasteiger partial charge in [-0.3, -0.25) is 4.72 Å². The first kappa shape index (κ1) is 15.6. The van der Waals surface area contributed by atoms with Gasteiger partial charge in [-0.2, -0.15) is 0 Å². The average molecular weight is 372 g/mol. The van der Waals surface area contributed by atoms with E-state index >= 15 is 0 Å². The van der Waals surface area contributed by atoms with Crippen LogP contribution in [0.4, 0.5) is 11.4 Å². The fourth-order valence-electron chi connectivity index (χ4n) is 1.73. The number of pyridine rings is 1. The van der Waals surface area contributed by atoms with Gasteiger partial charge in [0, 0.05) is 11.8 Å². The van der Waals surface area contributed by atoms with E-state index in [2.05, 4.69) is 25.6 Å². The quantitative estimate of drug-likeness (QED) is 0.635. The molecule has 0 aliphatic carbocycles. The Hall–Kier alpha value is -1.80. The highest BCUT2D eigenvalue weighted by atomic mass is 79.9. The minimum atomic E-state index is -3.79. The zero-order valence-electron chi connectivity index (χ0n) is 11.4. The molecule has 0 amide bonds. The number of halogens is 1. The van der Waals surface area contributed by atoms with Crippen molar-refractivity contribution in [1.29, 1.82) is 0 Å². The molecule has 0 saturated heterocycles. The minimum absolute atomic E-state index is 0.0137. The van der Waals surface area contributed by atoms with Crippen molar-refractivity contribution in [1.82, 2.24) is 4.98 Å². The number of anilines is 2. The molecule has 0 spiro atoms. The Morgan fingerprint density at radius 3 is 2.67 bits per heavy atom. The van der Waals surface area contributed by atoms with Crippen molar-refractivity contribution < 1.29 is 13.2 Å². The largest absolute Gasteiger partial charge is 0.495 e. The van der Waals surface area contributed by atoms with Crippen LogP contribution in [-0.2, 0) is 10.0 Å². The Balaban J connectivity index is 2.40. The summed E-state index contributed by atoms with van der Waals surface area (Å²) in [5.74, 6) is 0.185. The third-order valence-electron chi connectivity index (χ3n) is 2.74. The molecule has 6 nitrogen and oxygen atoms in total. The maximum atomic E-state index is 12.4. The fraction of sp³-hybridized carbons (Fsp3) is 0.154. The second kappa shape index (κ2) is 5.90. The minimum Gasteiger partial charge on any atom is -0.495 e. The molecule has 0 unspecified atom stereocenters. The molecule has 1 aromatic heterocycles. The lowest BCUT2D eigenvalue weighted by Crippen LogP contribution is -2.14. The third-order valence-corrected chi connectivity index (χ3v) is 4.99. The molecular weight excluding hydrogens is 358 g/mol. The molecule has 0 atom stereocenters. The maximum Gasteiger partial charge on any atom is 0.265 e. The van der Waals surface area contributed by atoms with E-state index in [1.807, 2.05) is 6.92 Å². The molecule has 0 bridgehead atoms. The summed E-state index contributed by atoms with van der Waals surface area (Å²) < 4.78 is 33.0. The van der Waals surface area contributed by atoms with Crippen LogP contribution in [0.1, 0.15) is 5.56 Å². The summed E-state index contributed by atoms with van der Waals surface area (Å²) in [5, 5.41) is 0. The van der Waals surface area contributed by atoms with E-state index in [0.29, 0.717) is 16.0 Å². The molecule has 3 N–H and O–H groups in total. The Labute approximate surface area is 131 Å². The monoisotopic (exact) mass is 371 g/mol. The number of aromatic nitrogens is 1. The summed E-state index contributed by atoms with van der Waals surface area (Å²) in [6, 6.07) is 6.04. The van der Waals surface area contributed by atoms with Gasteiger partial charge in [-0.25, -0.2) is 13.4 Å². The molecule has 0 radical (unpaired) electrons. The summed E-state index contributed by atoms with van der Waals surface area (Å²) in [6.45, 7) is 1.82. The molecule has 21 heavy (non-hydrogen) atoms. The van der Waals surface area contributed by atoms with Crippen LogP contribution in [0, 0.1) is 6.92 Å². The molecule has 1 heterocycles. The van der Waals surface area contributed by atoms with Gasteiger partial charge in [-0.05, 0) is 46.6 Å². The first-order valence-corrected chi connectivity index (χ1v) is 8.19. The Kier molecular flexibility index (Phi) is 4.38. The maximum absolute atomic E-state index is 12.4. The first-order chi connectivity index (χ1) is 9.83. The van der Waals surface area contributed by atoms with Crippen molar-refractivity contribution >= 4 is 37.3 Å². The van der Waals surface area contributed by atoms with E-state index in [1.54, 1.807) is 6.07 Å². The Morgan fingerprint density at radius 2 is 2.05 bits per heavy atom. The normalized spacial score (nSPS) is 11.2. The van der Waals surface area contributed by atoms with Gasteiger partial charge in [0.2, 0.25) is 0 Å². The predicted molar refractivity (Wildman–Crippen MR) is 84.9 cm³/mol. The van der Waals surface area contributed by atoms with Crippen LogP contribution in [0.3, 0.4) is 0 Å². The van der Waals surface area contributed by atoms with Crippen LogP contribution in [-0.4, -0.2) is 20.5 Å². The van der Waals surface area contributed by atoms with Crippen molar-refractivity contribution in [3.8, 4) is 5.75 Å². The smallest absolute Gasteiger partial charge is 0.265 e. The number of hydrogen-bond acceptors (Lipinski definition) is 5. The van der Waals surface area contributed by atoms with Gasteiger partial charge in [0.25, 0.3) is 10.0 Å². The lowest BCUT2D eigenvalue weighted by Gasteiger charge is -2.12. The van der Waals surface area contributed by atoms with Crippen LogP contribution < -0.4 is 15.2 Å². The van der Waals surface area contributed by atoms with Crippen molar-refractivity contribution in [2.45, 2.75) is 11.8 Å². The fourth-order valence-corrected chi connectivity index (χ4v) is 3.13. The lowest BCUT2D eigenvalue weighted by molar-refractivity contribution is 0.403. The van der Waals surface area contributed by atoms with E-state index in [0.717, 1.165) is 5.56 Å². The van der Waals surface area contributed by atoms with Gasteiger partial charge in [0.15, 0.2) is 0 Å². The molecular formula is C13H14BrN3O3S. The summed E-state index contributed by atoms with van der Waals surface area (Å²) >= 11 is 3.26. The Bertz CT molecular complexity index is 778. The number of nitrogen functional groups attached to an aromatic ring is 1. The van der Waals surface area contributed by atoms with E-state index in [9.17, 15) is 8.42 Å². The van der Waals surface area contributed by atoms with Crippen molar-refractivity contribution in [3.05, 3.63) is 40.6 Å². The van der Waals surface area contributed by atoms with Gasteiger partial charge in [0.05, 0.1) is 19.0 Å². The number of rotatable bonds is 4. The summed E-state index contributed by atoms with van der Waals surface area (Å²) in [4.78, 5) is 4.07. The van der Waals surface area contributed by atoms with Crippen LogP contribution in [0.5, 0.6) is 5.75 Å². The highest BCUT2D eigenvalue weighted by Gasteiger charge is 2.20. The molecule has 2 rings (SSSR count). The van der Waals surface area contributed by atoms with Crippen molar-refractivity contribution in [3.63, 3.8) is 0 Å². The van der Waals surface area contributed by atoms with Gasteiger partial charge < -0.3 is 10.5 Å². The Morgan fingerprint density at radius 1 is 1.33 bits per heavy atom. The first-order valence-electron chi connectivity index (χ1n) is 5.92. The standard InChI is InChI=1S/C13H14BrN3O3S/c1-8-5-10(7-16-13(8)14)17-21(18,19)12-4-3-9(15)6-11(12)20-2/h3-7,17H,15H2,1-2H3. The van der Waals surface area contributed by atoms with Gasteiger partial charge in [0.1, 0.15) is 15.2 Å². The molecule has 2 aromatic rings. The van der Waals surface area contributed by atoms with Crippen LogP contribution in [0.15, 0.2) is 40.0 Å². The lowest BCUT2D eigenvalue weighted by atomic mass is 10.3. The van der Waals surface area contributed by atoms with E-state index in [1.165, 1.54) is 31.5 Å². The zero-order valence-corrected chi connectivity index (χ0v) is 13.8. The van der Waals surface area contributed by atoms with Crippen LogP contribution in [0.2, 0.25) is 0 Å². The van der Waals surface area contributed by atoms with Crippen LogP contribution >= 0.6 is 15.9 Å². The second-order valence-electron chi connectivity index (χ2n) is 4.35. The number of nitrogens with two attached hydrogens (primary N) is 1. The number of aryl methyl sites for hydroxylation is 1. The molecule has 0 aliphatic rings. The van der Waals surface area contributed by atoms with Crippen LogP contribution in [0.25, 0.3) is 0 Å².